The summed E-state index contributed by atoms with van der Waals surface area (Å²) in [4.78, 5) is 0. The molecule has 1 aliphatic rings. The molecule has 1 heterocycles. The fraction of sp³-hybridized carbons (Fsp3) is 0.800. The van der Waals surface area contributed by atoms with Crippen LogP contribution < -0.4 is 5.32 Å². The SMILES string of the molecule is CCc1cc(CC(CC)CNC2CC2)n(CC)n1. The van der Waals surface area contributed by atoms with Crippen LogP contribution in [-0.2, 0) is 19.4 Å². The number of hydrogen-bond donors (Lipinski definition) is 1. The van der Waals surface area contributed by atoms with Gasteiger partial charge in [0.15, 0.2) is 0 Å². The second kappa shape index (κ2) is 6.37. The molecule has 1 aromatic rings. The van der Waals surface area contributed by atoms with Crippen molar-refractivity contribution >= 4 is 0 Å². The fourth-order valence-electron chi connectivity index (χ4n) is 2.40. The van der Waals surface area contributed by atoms with Gasteiger partial charge in [-0.25, -0.2) is 0 Å². The van der Waals surface area contributed by atoms with Gasteiger partial charge < -0.3 is 5.32 Å². The lowest BCUT2D eigenvalue weighted by atomic mass is 10.00. The van der Waals surface area contributed by atoms with Crippen molar-refractivity contribution < 1.29 is 0 Å². The highest BCUT2D eigenvalue weighted by Crippen LogP contribution is 2.20. The smallest absolute Gasteiger partial charge is 0.0624 e. The largest absolute Gasteiger partial charge is 0.314 e. The van der Waals surface area contributed by atoms with Crippen molar-refractivity contribution in [2.75, 3.05) is 6.54 Å². The first-order chi connectivity index (χ1) is 8.76. The number of aromatic nitrogens is 2. The quantitative estimate of drug-likeness (QED) is 0.768. The summed E-state index contributed by atoms with van der Waals surface area (Å²) < 4.78 is 2.18. The van der Waals surface area contributed by atoms with Gasteiger partial charge in [0.05, 0.1) is 5.69 Å². The monoisotopic (exact) mass is 249 g/mol. The summed E-state index contributed by atoms with van der Waals surface area (Å²) >= 11 is 0. The molecule has 3 heteroatoms. The standard InChI is InChI=1S/C15H27N3/c1-4-12(11-16-14-7-8-14)9-15-10-13(5-2)17-18(15)6-3/h10,12,14,16H,4-9,11H2,1-3H3. The molecule has 0 radical (unpaired) electrons. The van der Waals surface area contributed by atoms with Crippen LogP contribution in [0.15, 0.2) is 6.07 Å². The summed E-state index contributed by atoms with van der Waals surface area (Å²) in [6, 6.07) is 3.12. The number of hydrogen-bond acceptors (Lipinski definition) is 2. The molecule has 0 aliphatic heterocycles. The molecule has 1 N–H and O–H groups in total. The Labute approximate surface area is 111 Å². The van der Waals surface area contributed by atoms with E-state index in [2.05, 4.69) is 41.9 Å². The second-order valence-corrected chi connectivity index (χ2v) is 5.46. The summed E-state index contributed by atoms with van der Waals surface area (Å²) in [6.45, 7) is 8.81. The van der Waals surface area contributed by atoms with Crippen molar-refractivity contribution in [3.8, 4) is 0 Å². The van der Waals surface area contributed by atoms with Gasteiger partial charge in [0.2, 0.25) is 0 Å². The van der Waals surface area contributed by atoms with E-state index in [1.807, 2.05) is 0 Å². The van der Waals surface area contributed by atoms with E-state index >= 15 is 0 Å². The predicted molar refractivity (Wildman–Crippen MR) is 75.8 cm³/mol. The Kier molecular flexibility index (Phi) is 4.81. The molecule has 0 saturated heterocycles. The molecule has 1 fully saturated rings. The minimum Gasteiger partial charge on any atom is -0.314 e. The molecule has 2 rings (SSSR count). The van der Waals surface area contributed by atoms with Crippen molar-refractivity contribution in [1.82, 2.24) is 15.1 Å². The van der Waals surface area contributed by atoms with Crippen molar-refractivity contribution in [3.05, 3.63) is 17.5 Å². The van der Waals surface area contributed by atoms with Crippen LogP contribution in [0.1, 0.15) is 51.4 Å². The van der Waals surface area contributed by atoms with Crippen LogP contribution in [0.3, 0.4) is 0 Å². The van der Waals surface area contributed by atoms with Gasteiger partial charge in [-0.2, -0.15) is 5.10 Å². The van der Waals surface area contributed by atoms with E-state index in [-0.39, 0.29) is 0 Å². The normalized spacial score (nSPS) is 17.1. The molecule has 1 aliphatic carbocycles. The van der Waals surface area contributed by atoms with Crippen LogP contribution in [0.2, 0.25) is 0 Å². The van der Waals surface area contributed by atoms with Gasteiger partial charge in [0.1, 0.15) is 0 Å². The minimum atomic E-state index is 0.748. The van der Waals surface area contributed by atoms with E-state index in [4.69, 9.17) is 0 Å². The molecule has 1 atom stereocenters. The average molecular weight is 249 g/mol. The third-order valence-electron chi connectivity index (χ3n) is 3.92. The number of nitrogens with one attached hydrogen (secondary N) is 1. The van der Waals surface area contributed by atoms with Gasteiger partial charge in [-0.05, 0) is 51.1 Å². The first-order valence-corrected chi connectivity index (χ1v) is 7.55. The van der Waals surface area contributed by atoms with Crippen molar-refractivity contribution in [3.63, 3.8) is 0 Å². The fourth-order valence-corrected chi connectivity index (χ4v) is 2.40. The highest BCUT2D eigenvalue weighted by molar-refractivity contribution is 5.11. The lowest BCUT2D eigenvalue weighted by Gasteiger charge is -2.16. The van der Waals surface area contributed by atoms with Crippen LogP contribution >= 0.6 is 0 Å². The topological polar surface area (TPSA) is 29.9 Å². The zero-order valence-corrected chi connectivity index (χ0v) is 12.1. The maximum atomic E-state index is 4.64. The summed E-state index contributed by atoms with van der Waals surface area (Å²) in [5, 5.41) is 8.29. The summed E-state index contributed by atoms with van der Waals surface area (Å²) in [5.74, 6) is 0.748. The third kappa shape index (κ3) is 3.58. The number of rotatable bonds is 8. The van der Waals surface area contributed by atoms with E-state index in [0.717, 1.165) is 37.9 Å². The lowest BCUT2D eigenvalue weighted by molar-refractivity contribution is 0.442. The van der Waals surface area contributed by atoms with Crippen molar-refractivity contribution in [2.24, 2.45) is 5.92 Å². The predicted octanol–water partition coefficient (Wildman–Crippen LogP) is 2.79. The van der Waals surface area contributed by atoms with E-state index in [9.17, 15) is 0 Å². The highest BCUT2D eigenvalue weighted by atomic mass is 15.3. The van der Waals surface area contributed by atoms with Crippen LogP contribution in [-0.4, -0.2) is 22.4 Å². The van der Waals surface area contributed by atoms with E-state index in [0.29, 0.717) is 0 Å². The summed E-state index contributed by atoms with van der Waals surface area (Å²) in [6.07, 6.45) is 6.21. The van der Waals surface area contributed by atoms with Gasteiger partial charge in [-0.1, -0.05) is 20.3 Å². The van der Waals surface area contributed by atoms with E-state index < -0.39 is 0 Å². The molecule has 18 heavy (non-hydrogen) atoms. The molecule has 102 valence electrons. The average Bonchev–Trinajstić information content (AvgIpc) is 3.14. The summed E-state index contributed by atoms with van der Waals surface area (Å²) in [5.41, 5.74) is 2.65. The Hall–Kier alpha value is -0.830. The zero-order valence-electron chi connectivity index (χ0n) is 12.1. The third-order valence-corrected chi connectivity index (χ3v) is 3.92. The maximum absolute atomic E-state index is 4.64. The Morgan fingerprint density at radius 3 is 2.72 bits per heavy atom. The molecule has 0 amide bonds. The maximum Gasteiger partial charge on any atom is 0.0624 e. The van der Waals surface area contributed by atoms with Crippen molar-refractivity contribution in [2.45, 2.75) is 65.5 Å². The molecule has 1 saturated carbocycles. The first-order valence-electron chi connectivity index (χ1n) is 7.55. The van der Waals surface area contributed by atoms with Gasteiger partial charge >= 0.3 is 0 Å². The van der Waals surface area contributed by atoms with E-state index in [1.54, 1.807) is 0 Å². The molecule has 1 aromatic heterocycles. The molecular weight excluding hydrogens is 222 g/mol. The van der Waals surface area contributed by atoms with Gasteiger partial charge in [-0.3, -0.25) is 4.68 Å². The van der Waals surface area contributed by atoms with Crippen LogP contribution in [0.25, 0.3) is 0 Å². The second-order valence-electron chi connectivity index (χ2n) is 5.46. The lowest BCUT2D eigenvalue weighted by Crippen LogP contribution is -2.26. The Morgan fingerprint density at radius 1 is 1.39 bits per heavy atom. The van der Waals surface area contributed by atoms with Crippen LogP contribution in [0, 0.1) is 5.92 Å². The Bertz CT molecular complexity index is 366. The van der Waals surface area contributed by atoms with Crippen LogP contribution in [0.5, 0.6) is 0 Å². The zero-order chi connectivity index (χ0) is 13.0. The van der Waals surface area contributed by atoms with Gasteiger partial charge in [0, 0.05) is 18.3 Å². The van der Waals surface area contributed by atoms with Crippen LogP contribution in [0.4, 0.5) is 0 Å². The molecular formula is C15H27N3. The first kappa shape index (κ1) is 13.6. The van der Waals surface area contributed by atoms with Gasteiger partial charge in [-0.15, -0.1) is 0 Å². The highest BCUT2D eigenvalue weighted by Gasteiger charge is 2.22. The number of nitrogens with zero attached hydrogens (tertiary/aromatic N) is 2. The van der Waals surface area contributed by atoms with E-state index in [1.165, 1.54) is 30.7 Å². The number of aryl methyl sites for hydroxylation is 2. The molecule has 0 bridgehead atoms. The summed E-state index contributed by atoms with van der Waals surface area (Å²) in [7, 11) is 0. The molecule has 0 spiro atoms. The molecule has 1 unspecified atom stereocenters. The molecule has 0 aromatic carbocycles. The Balaban J connectivity index is 1.93. The minimum absolute atomic E-state index is 0.748. The van der Waals surface area contributed by atoms with Gasteiger partial charge in [0.25, 0.3) is 0 Å². The molecule has 3 nitrogen and oxygen atoms in total. The Morgan fingerprint density at radius 2 is 2.17 bits per heavy atom. The van der Waals surface area contributed by atoms with Crippen molar-refractivity contribution in [1.29, 1.82) is 0 Å².